The van der Waals surface area contributed by atoms with Crippen LogP contribution in [0.2, 0.25) is 0 Å². The van der Waals surface area contributed by atoms with Crippen molar-refractivity contribution in [1.29, 1.82) is 0 Å². The molecule has 0 amide bonds. The van der Waals surface area contributed by atoms with Gasteiger partial charge >= 0.3 is 0 Å². The monoisotopic (exact) mass is 136 g/mol. The fourth-order valence-electron chi connectivity index (χ4n) is 2.05. The Morgan fingerprint density at radius 2 is 2.40 bits per heavy atom. The summed E-state index contributed by atoms with van der Waals surface area (Å²) in [6.07, 6.45) is 7.54. The molecule has 1 unspecified atom stereocenters. The molecule has 0 aromatic rings. The smallest absolute Gasteiger partial charge is 0.137 e. The molecule has 2 rings (SSSR count). The summed E-state index contributed by atoms with van der Waals surface area (Å²) < 4.78 is 0. The minimum atomic E-state index is 0.440. The maximum absolute atomic E-state index is 11.0. The fourth-order valence-corrected chi connectivity index (χ4v) is 2.05. The van der Waals surface area contributed by atoms with Crippen molar-refractivity contribution >= 4 is 5.78 Å². The van der Waals surface area contributed by atoms with Crippen molar-refractivity contribution in [3.63, 3.8) is 0 Å². The molecule has 1 heteroatoms. The summed E-state index contributed by atoms with van der Waals surface area (Å²) in [4.78, 5) is 11.0. The van der Waals surface area contributed by atoms with Gasteiger partial charge in [0.25, 0.3) is 0 Å². The zero-order valence-electron chi connectivity index (χ0n) is 6.10. The van der Waals surface area contributed by atoms with Gasteiger partial charge in [-0.1, -0.05) is 11.6 Å². The van der Waals surface area contributed by atoms with Crippen LogP contribution >= 0.6 is 0 Å². The number of ketones is 1. The standard InChI is InChI=1S/C9H12O/c10-9-5-4-7-2-1-3-8(7)6-9/h4,8H,1-3,5-6H2. The third-order valence-electron chi connectivity index (χ3n) is 2.61. The number of hydrogen-bond donors (Lipinski definition) is 0. The molecule has 0 saturated heterocycles. The minimum Gasteiger partial charge on any atom is -0.299 e. The van der Waals surface area contributed by atoms with Crippen LogP contribution in [0.1, 0.15) is 32.1 Å². The molecular weight excluding hydrogens is 124 g/mol. The van der Waals surface area contributed by atoms with E-state index in [4.69, 9.17) is 0 Å². The number of rotatable bonds is 0. The Bertz CT molecular complexity index is 191. The number of hydrogen-bond acceptors (Lipinski definition) is 1. The highest BCUT2D eigenvalue weighted by Gasteiger charge is 2.25. The highest BCUT2D eigenvalue weighted by Crippen LogP contribution is 2.36. The Morgan fingerprint density at radius 1 is 1.50 bits per heavy atom. The molecule has 0 spiro atoms. The first-order chi connectivity index (χ1) is 4.86. The quantitative estimate of drug-likeness (QED) is 0.466. The molecule has 0 bridgehead atoms. The molecule has 54 valence electrons. The molecule has 1 nitrogen and oxygen atoms in total. The van der Waals surface area contributed by atoms with E-state index < -0.39 is 0 Å². The molecule has 2 aliphatic rings. The van der Waals surface area contributed by atoms with E-state index in [1.807, 2.05) is 0 Å². The van der Waals surface area contributed by atoms with Crippen molar-refractivity contribution in [2.24, 2.45) is 5.92 Å². The van der Waals surface area contributed by atoms with E-state index >= 15 is 0 Å². The molecule has 0 heterocycles. The zero-order valence-corrected chi connectivity index (χ0v) is 6.10. The maximum Gasteiger partial charge on any atom is 0.137 e. The van der Waals surface area contributed by atoms with E-state index in [1.165, 1.54) is 19.3 Å². The van der Waals surface area contributed by atoms with Crippen LogP contribution in [0.25, 0.3) is 0 Å². The van der Waals surface area contributed by atoms with Crippen LogP contribution in [-0.2, 0) is 4.79 Å². The van der Waals surface area contributed by atoms with E-state index in [-0.39, 0.29) is 0 Å². The van der Waals surface area contributed by atoms with Crippen LogP contribution in [-0.4, -0.2) is 5.78 Å². The molecule has 0 aliphatic heterocycles. The van der Waals surface area contributed by atoms with Gasteiger partial charge in [-0.15, -0.1) is 0 Å². The van der Waals surface area contributed by atoms with Gasteiger partial charge in [-0.05, 0) is 25.2 Å². The van der Waals surface area contributed by atoms with Crippen molar-refractivity contribution in [2.75, 3.05) is 0 Å². The van der Waals surface area contributed by atoms with Crippen molar-refractivity contribution in [3.05, 3.63) is 11.6 Å². The molecule has 1 saturated carbocycles. The minimum absolute atomic E-state index is 0.440. The highest BCUT2D eigenvalue weighted by atomic mass is 16.1. The Kier molecular flexibility index (Phi) is 1.37. The Balaban J connectivity index is 2.20. The van der Waals surface area contributed by atoms with Crippen LogP contribution < -0.4 is 0 Å². The first-order valence-electron chi connectivity index (χ1n) is 4.07. The van der Waals surface area contributed by atoms with Gasteiger partial charge in [-0.3, -0.25) is 4.79 Å². The second-order valence-corrected chi connectivity index (χ2v) is 3.32. The summed E-state index contributed by atoms with van der Waals surface area (Å²) in [6.45, 7) is 0. The van der Waals surface area contributed by atoms with E-state index in [0.29, 0.717) is 18.1 Å². The van der Waals surface area contributed by atoms with Crippen LogP contribution in [0.4, 0.5) is 0 Å². The lowest BCUT2D eigenvalue weighted by atomic mass is 9.90. The molecule has 0 aromatic carbocycles. The Labute approximate surface area is 61.1 Å². The van der Waals surface area contributed by atoms with E-state index in [0.717, 1.165) is 6.42 Å². The van der Waals surface area contributed by atoms with Gasteiger partial charge in [0.15, 0.2) is 0 Å². The fraction of sp³-hybridized carbons (Fsp3) is 0.667. The summed E-state index contributed by atoms with van der Waals surface area (Å²) in [5.74, 6) is 1.09. The number of carbonyl (C=O) groups is 1. The summed E-state index contributed by atoms with van der Waals surface area (Å²) in [5, 5.41) is 0. The largest absolute Gasteiger partial charge is 0.299 e. The van der Waals surface area contributed by atoms with Crippen LogP contribution in [0.15, 0.2) is 11.6 Å². The third-order valence-corrected chi connectivity index (χ3v) is 2.61. The predicted molar refractivity (Wildman–Crippen MR) is 39.7 cm³/mol. The Morgan fingerprint density at radius 3 is 3.30 bits per heavy atom. The van der Waals surface area contributed by atoms with Crippen LogP contribution in [0.5, 0.6) is 0 Å². The molecule has 0 radical (unpaired) electrons. The van der Waals surface area contributed by atoms with Crippen molar-refractivity contribution in [2.45, 2.75) is 32.1 Å². The number of fused-ring (bicyclic) bond motifs is 1. The molecule has 0 N–H and O–H groups in total. The van der Waals surface area contributed by atoms with Crippen LogP contribution in [0.3, 0.4) is 0 Å². The topological polar surface area (TPSA) is 17.1 Å². The zero-order chi connectivity index (χ0) is 6.97. The van der Waals surface area contributed by atoms with Gasteiger partial charge in [0.2, 0.25) is 0 Å². The second-order valence-electron chi connectivity index (χ2n) is 3.32. The van der Waals surface area contributed by atoms with E-state index in [1.54, 1.807) is 5.57 Å². The molecule has 10 heavy (non-hydrogen) atoms. The highest BCUT2D eigenvalue weighted by molar-refractivity contribution is 5.82. The lowest BCUT2D eigenvalue weighted by Gasteiger charge is -2.14. The second kappa shape index (κ2) is 2.22. The van der Waals surface area contributed by atoms with Gasteiger partial charge in [0, 0.05) is 12.8 Å². The van der Waals surface area contributed by atoms with Gasteiger partial charge in [-0.2, -0.15) is 0 Å². The average molecular weight is 136 g/mol. The lowest BCUT2D eigenvalue weighted by Crippen LogP contribution is -2.10. The third kappa shape index (κ3) is 0.898. The van der Waals surface area contributed by atoms with Crippen molar-refractivity contribution < 1.29 is 4.79 Å². The van der Waals surface area contributed by atoms with Gasteiger partial charge in [-0.25, -0.2) is 0 Å². The SMILES string of the molecule is O=C1CC=C2CCCC2C1. The van der Waals surface area contributed by atoms with Crippen molar-refractivity contribution in [3.8, 4) is 0 Å². The molecular formula is C9H12O. The molecule has 1 fully saturated rings. The summed E-state index contributed by atoms with van der Waals surface area (Å²) in [7, 11) is 0. The van der Waals surface area contributed by atoms with Crippen molar-refractivity contribution in [1.82, 2.24) is 0 Å². The maximum atomic E-state index is 11.0. The number of carbonyl (C=O) groups excluding carboxylic acids is 1. The van der Waals surface area contributed by atoms with Gasteiger partial charge in [0.05, 0.1) is 0 Å². The summed E-state index contributed by atoms with van der Waals surface area (Å²) in [5.41, 5.74) is 1.57. The summed E-state index contributed by atoms with van der Waals surface area (Å²) in [6, 6.07) is 0. The number of allylic oxidation sites excluding steroid dienone is 2. The van der Waals surface area contributed by atoms with E-state index in [9.17, 15) is 4.79 Å². The van der Waals surface area contributed by atoms with Gasteiger partial charge in [0.1, 0.15) is 5.78 Å². The average Bonchev–Trinajstić information content (AvgIpc) is 2.33. The predicted octanol–water partition coefficient (Wildman–Crippen LogP) is 2.08. The molecule has 0 aromatic heterocycles. The first-order valence-corrected chi connectivity index (χ1v) is 4.07. The molecule has 1 atom stereocenters. The summed E-state index contributed by atoms with van der Waals surface area (Å²) >= 11 is 0. The number of Topliss-reactive ketones (excluding diaryl/α,β-unsaturated/α-hetero) is 1. The van der Waals surface area contributed by atoms with Gasteiger partial charge < -0.3 is 0 Å². The first kappa shape index (κ1) is 6.14. The Hall–Kier alpha value is -0.590. The van der Waals surface area contributed by atoms with Crippen LogP contribution in [0, 0.1) is 5.92 Å². The normalized spacial score (nSPS) is 31.8. The molecule has 2 aliphatic carbocycles. The van der Waals surface area contributed by atoms with E-state index in [2.05, 4.69) is 6.08 Å². The lowest BCUT2D eigenvalue weighted by molar-refractivity contribution is -0.119.